The molecular weight excluding hydrogens is 342 g/mol. The molecule has 26 heavy (non-hydrogen) atoms. The number of benzene rings is 1. The number of rotatable bonds is 4. The van der Waals surface area contributed by atoms with Crippen molar-refractivity contribution in [3.63, 3.8) is 0 Å². The smallest absolute Gasteiger partial charge is 0.162 e. The average molecular weight is 366 g/mol. The zero-order valence-electron chi connectivity index (χ0n) is 15.3. The first-order chi connectivity index (χ1) is 12.7. The van der Waals surface area contributed by atoms with E-state index in [4.69, 9.17) is 9.97 Å². The van der Waals surface area contributed by atoms with Crippen LogP contribution in [0.1, 0.15) is 0 Å². The first-order valence-corrected chi connectivity index (χ1v) is 10.1. The minimum Gasteiger partial charge on any atom is -0.353 e. The number of pyridine rings is 1. The summed E-state index contributed by atoms with van der Waals surface area (Å²) in [6, 6.07) is 12.7. The van der Waals surface area contributed by atoms with Crippen LogP contribution in [0.2, 0.25) is 0 Å². The molecule has 0 amide bonds. The van der Waals surface area contributed by atoms with Gasteiger partial charge >= 0.3 is 0 Å². The van der Waals surface area contributed by atoms with Crippen molar-refractivity contribution in [3.05, 3.63) is 48.8 Å². The topological polar surface area (TPSA) is 45.2 Å². The lowest BCUT2D eigenvalue weighted by Gasteiger charge is -2.23. The number of nitrogens with zero attached hydrogens (tertiary/aromatic N) is 5. The molecule has 0 bridgehead atoms. The Morgan fingerprint density at radius 3 is 2.50 bits per heavy atom. The summed E-state index contributed by atoms with van der Waals surface area (Å²) in [6.07, 6.45) is 5.77. The molecule has 1 aliphatic heterocycles. The highest BCUT2D eigenvalue weighted by Crippen LogP contribution is 2.33. The fourth-order valence-electron chi connectivity index (χ4n) is 3.59. The van der Waals surface area contributed by atoms with Crippen molar-refractivity contribution in [2.45, 2.75) is 11.3 Å². The van der Waals surface area contributed by atoms with Crippen molar-refractivity contribution in [1.29, 1.82) is 0 Å². The van der Waals surface area contributed by atoms with Crippen molar-refractivity contribution in [2.24, 2.45) is 0 Å². The fraction of sp³-hybridized carbons (Fsp3) is 0.350. The van der Waals surface area contributed by atoms with E-state index in [0.717, 1.165) is 41.2 Å². The predicted octanol–water partition coefficient (Wildman–Crippen LogP) is 3.17. The number of fused-ring (bicyclic) bond motifs is 1. The Kier molecular flexibility index (Phi) is 4.78. The third-order valence-electron chi connectivity index (χ3n) is 5.02. The highest BCUT2D eigenvalue weighted by molar-refractivity contribution is 7.99. The van der Waals surface area contributed by atoms with Gasteiger partial charge in [0, 0.05) is 47.7 Å². The van der Waals surface area contributed by atoms with E-state index in [1.165, 1.54) is 0 Å². The number of likely N-dealkylation sites (N-methyl/N-ethyl adjacent to an activating group) is 1. The number of hydrogen-bond acceptors (Lipinski definition) is 6. The number of anilines is 1. The fourth-order valence-corrected chi connectivity index (χ4v) is 4.56. The Labute approximate surface area is 158 Å². The Hall–Kier alpha value is -2.18. The van der Waals surface area contributed by atoms with Crippen LogP contribution in [-0.4, -0.2) is 64.6 Å². The lowest BCUT2D eigenvalue weighted by atomic mass is 10.2. The summed E-state index contributed by atoms with van der Waals surface area (Å²) < 4.78 is 0. The summed E-state index contributed by atoms with van der Waals surface area (Å²) in [7, 11) is 4.33. The molecular formula is C20H23N5S. The van der Waals surface area contributed by atoms with E-state index in [1.54, 1.807) is 12.4 Å². The maximum atomic E-state index is 4.97. The molecule has 0 unspecified atom stereocenters. The first kappa shape index (κ1) is 17.2. The average Bonchev–Trinajstić information content (AvgIpc) is 3.12. The van der Waals surface area contributed by atoms with E-state index < -0.39 is 0 Å². The summed E-state index contributed by atoms with van der Waals surface area (Å²) >= 11 is 1.94. The van der Waals surface area contributed by atoms with Gasteiger partial charge in [-0.3, -0.25) is 4.98 Å². The summed E-state index contributed by atoms with van der Waals surface area (Å²) in [5.74, 6) is 1.79. The van der Waals surface area contributed by atoms with E-state index >= 15 is 0 Å². The second-order valence-electron chi connectivity index (χ2n) is 6.83. The number of thioether (sulfide) groups is 1. The van der Waals surface area contributed by atoms with Crippen LogP contribution in [0.4, 0.5) is 5.82 Å². The van der Waals surface area contributed by atoms with Crippen LogP contribution in [0.3, 0.4) is 0 Å². The third-order valence-corrected chi connectivity index (χ3v) is 6.09. The molecule has 2 atom stereocenters. The minimum absolute atomic E-state index is 0.517. The minimum atomic E-state index is 0.517. The van der Waals surface area contributed by atoms with Crippen molar-refractivity contribution < 1.29 is 0 Å². The lowest BCUT2D eigenvalue weighted by molar-refractivity contribution is 0.320. The zero-order chi connectivity index (χ0) is 18.1. The molecule has 1 aliphatic rings. The van der Waals surface area contributed by atoms with E-state index in [0.29, 0.717) is 11.3 Å². The van der Waals surface area contributed by atoms with Gasteiger partial charge in [-0.1, -0.05) is 12.1 Å². The molecule has 134 valence electrons. The van der Waals surface area contributed by atoms with Gasteiger partial charge in [-0.2, -0.15) is 11.8 Å². The van der Waals surface area contributed by atoms with E-state index in [1.807, 2.05) is 30.0 Å². The molecule has 3 heterocycles. The Balaban J connectivity index is 1.81. The van der Waals surface area contributed by atoms with Crippen LogP contribution in [0.15, 0.2) is 48.8 Å². The van der Waals surface area contributed by atoms with Gasteiger partial charge in [0.25, 0.3) is 0 Å². The van der Waals surface area contributed by atoms with Crippen LogP contribution in [0.5, 0.6) is 0 Å². The van der Waals surface area contributed by atoms with Gasteiger partial charge in [0.1, 0.15) is 5.82 Å². The second-order valence-corrected chi connectivity index (χ2v) is 7.91. The van der Waals surface area contributed by atoms with Crippen molar-refractivity contribution in [2.75, 3.05) is 38.3 Å². The molecule has 6 heteroatoms. The summed E-state index contributed by atoms with van der Waals surface area (Å²) in [6.45, 7) is 1.98. The Morgan fingerprint density at radius 2 is 1.81 bits per heavy atom. The molecule has 4 rings (SSSR count). The van der Waals surface area contributed by atoms with Crippen LogP contribution in [0.25, 0.3) is 22.3 Å². The van der Waals surface area contributed by atoms with Gasteiger partial charge < -0.3 is 9.80 Å². The largest absolute Gasteiger partial charge is 0.353 e. The van der Waals surface area contributed by atoms with Gasteiger partial charge in [-0.05, 0) is 44.6 Å². The van der Waals surface area contributed by atoms with Crippen molar-refractivity contribution in [3.8, 4) is 11.4 Å². The van der Waals surface area contributed by atoms with Gasteiger partial charge in [-0.25, -0.2) is 9.97 Å². The molecule has 0 radical (unpaired) electrons. The van der Waals surface area contributed by atoms with Crippen LogP contribution < -0.4 is 4.90 Å². The van der Waals surface area contributed by atoms with Crippen molar-refractivity contribution >= 4 is 28.5 Å². The van der Waals surface area contributed by atoms with Gasteiger partial charge in [0.05, 0.1) is 5.52 Å². The molecule has 1 aromatic carbocycles. The highest BCUT2D eigenvalue weighted by Gasteiger charge is 2.35. The maximum Gasteiger partial charge on any atom is 0.162 e. The molecule has 1 saturated heterocycles. The quantitative estimate of drug-likeness (QED) is 0.708. The summed E-state index contributed by atoms with van der Waals surface area (Å²) in [5.41, 5.74) is 1.98. The molecule has 0 N–H and O–H groups in total. The van der Waals surface area contributed by atoms with E-state index in [2.05, 4.69) is 53.3 Å². The standard InChI is InChI=1S/C20H23N5S/c1-24(2)17-12-25(13-18(17)26-3)20-15-6-4-5-7-16(15)22-19(23-20)14-8-10-21-11-9-14/h4-11,17-18H,12-13H2,1-3H3/t17-,18+/m0/s1. The lowest BCUT2D eigenvalue weighted by Crippen LogP contribution is -2.36. The third kappa shape index (κ3) is 3.15. The molecule has 0 aliphatic carbocycles. The molecule has 1 fully saturated rings. The monoisotopic (exact) mass is 365 g/mol. The molecule has 0 saturated carbocycles. The van der Waals surface area contributed by atoms with Crippen LogP contribution >= 0.6 is 11.8 Å². The van der Waals surface area contributed by atoms with Crippen molar-refractivity contribution in [1.82, 2.24) is 19.9 Å². The Bertz CT molecular complexity index is 899. The Morgan fingerprint density at radius 1 is 1.04 bits per heavy atom. The van der Waals surface area contributed by atoms with E-state index in [9.17, 15) is 0 Å². The van der Waals surface area contributed by atoms with Gasteiger partial charge in [0.2, 0.25) is 0 Å². The number of para-hydroxylation sites is 1. The normalized spacial score (nSPS) is 20.2. The summed E-state index contributed by atoms with van der Waals surface area (Å²) in [5, 5.41) is 1.69. The molecule has 3 aromatic rings. The zero-order valence-corrected chi connectivity index (χ0v) is 16.1. The highest BCUT2D eigenvalue weighted by atomic mass is 32.2. The predicted molar refractivity (Wildman–Crippen MR) is 110 cm³/mol. The SMILES string of the molecule is CS[C@@H]1CN(c2nc(-c3ccncc3)nc3ccccc23)C[C@@H]1N(C)C. The first-order valence-electron chi connectivity index (χ1n) is 8.78. The van der Waals surface area contributed by atoms with Crippen LogP contribution in [-0.2, 0) is 0 Å². The maximum absolute atomic E-state index is 4.97. The molecule has 0 spiro atoms. The molecule has 2 aromatic heterocycles. The van der Waals surface area contributed by atoms with E-state index in [-0.39, 0.29) is 0 Å². The van der Waals surface area contributed by atoms with Gasteiger partial charge in [-0.15, -0.1) is 0 Å². The summed E-state index contributed by atoms with van der Waals surface area (Å²) in [4.78, 5) is 18.6. The molecule has 5 nitrogen and oxygen atoms in total. The second kappa shape index (κ2) is 7.21. The van der Waals surface area contributed by atoms with Gasteiger partial charge in [0.15, 0.2) is 5.82 Å². The number of hydrogen-bond donors (Lipinski definition) is 0. The number of aromatic nitrogens is 3. The van der Waals surface area contributed by atoms with Crippen LogP contribution in [0, 0.1) is 0 Å².